The van der Waals surface area contributed by atoms with E-state index in [-0.39, 0.29) is 6.04 Å². The fourth-order valence-electron chi connectivity index (χ4n) is 1.11. The van der Waals surface area contributed by atoms with Gasteiger partial charge in [0.1, 0.15) is 0 Å². The van der Waals surface area contributed by atoms with E-state index >= 15 is 0 Å². The molecule has 1 atom stereocenters. The summed E-state index contributed by atoms with van der Waals surface area (Å²) < 4.78 is 4.95. The van der Waals surface area contributed by atoms with Crippen molar-refractivity contribution in [1.82, 2.24) is 10.3 Å². The highest BCUT2D eigenvalue weighted by Gasteiger charge is 2.03. The van der Waals surface area contributed by atoms with Crippen LogP contribution in [0.1, 0.15) is 18.7 Å². The quantitative estimate of drug-likeness (QED) is 0.695. The first-order valence-electron chi connectivity index (χ1n) is 4.48. The molecule has 1 unspecified atom stereocenters. The molecule has 3 heteroatoms. The smallest absolute Gasteiger partial charge is 0.0587 e. The molecule has 1 rings (SSSR count). The molecule has 3 nitrogen and oxygen atoms in total. The van der Waals surface area contributed by atoms with Gasteiger partial charge in [-0.05, 0) is 19.1 Å². The Hall–Kier alpha value is -0.930. The largest absolute Gasteiger partial charge is 0.383 e. The number of nitrogens with one attached hydrogen (secondary N) is 1. The Kier molecular flexibility index (Phi) is 4.43. The number of pyridine rings is 1. The fourth-order valence-corrected chi connectivity index (χ4v) is 1.11. The average Bonchev–Trinajstić information content (AvgIpc) is 2.19. The van der Waals surface area contributed by atoms with Crippen LogP contribution < -0.4 is 5.32 Å². The lowest BCUT2D eigenvalue weighted by Gasteiger charge is -2.12. The highest BCUT2D eigenvalue weighted by molar-refractivity contribution is 5.07. The molecular weight excluding hydrogens is 164 g/mol. The zero-order chi connectivity index (χ0) is 9.52. The van der Waals surface area contributed by atoms with Crippen molar-refractivity contribution in [1.29, 1.82) is 0 Å². The SMILES string of the molecule is COCCNC(C)c1ccccn1. The summed E-state index contributed by atoms with van der Waals surface area (Å²) in [4.78, 5) is 4.25. The van der Waals surface area contributed by atoms with Gasteiger partial charge in [0.25, 0.3) is 0 Å². The number of aromatic nitrogens is 1. The molecule has 0 aliphatic rings. The van der Waals surface area contributed by atoms with Crippen molar-refractivity contribution < 1.29 is 4.74 Å². The molecule has 0 aliphatic carbocycles. The van der Waals surface area contributed by atoms with Crippen LogP contribution in [0.3, 0.4) is 0 Å². The molecule has 0 aromatic carbocycles. The molecule has 1 N–H and O–H groups in total. The predicted octanol–water partition coefficient (Wildman–Crippen LogP) is 1.38. The van der Waals surface area contributed by atoms with Crippen LogP contribution in [0.5, 0.6) is 0 Å². The van der Waals surface area contributed by atoms with Crippen LogP contribution in [0.25, 0.3) is 0 Å². The van der Waals surface area contributed by atoms with Crippen LogP contribution >= 0.6 is 0 Å². The van der Waals surface area contributed by atoms with E-state index in [1.165, 1.54) is 0 Å². The van der Waals surface area contributed by atoms with E-state index < -0.39 is 0 Å². The highest BCUT2D eigenvalue weighted by Crippen LogP contribution is 2.06. The third-order valence-corrected chi connectivity index (χ3v) is 1.89. The zero-order valence-corrected chi connectivity index (χ0v) is 8.16. The van der Waals surface area contributed by atoms with Gasteiger partial charge < -0.3 is 10.1 Å². The molecule has 0 saturated carbocycles. The van der Waals surface area contributed by atoms with Crippen molar-refractivity contribution >= 4 is 0 Å². The highest BCUT2D eigenvalue weighted by atomic mass is 16.5. The van der Waals surface area contributed by atoms with Gasteiger partial charge >= 0.3 is 0 Å². The fraction of sp³-hybridized carbons (Fsp3) is 0.500. The number of nitrogens with zero attached hydrogens (tertiary/aromatic N) is 1. The van der Waals surface area contributed by atoms with Gasteiger partial charge in [-0.15, -0.1) is 0 Å². The lowest BCUT2D eigenvalue weighted by Crippen LogP contribution is -2.23. The molecule has 0 spiro atoms. The maximum atomic E-state index is 4.95. The van der Waals surface area contributed by atoms with Crippen LogP contribution in [0, 0.1) is 0 Å². The van der Waals surface area contributed by atoms with E-state index in [4.69, 9.17) is 4.74 Å². The minimum Gasteiger partial charge on any atom is -0.383 e. The molecule has 1 heterocycles. The summed E-state index contributed by atoms with van der Waals surface area (Å²) in [6, 6.07) is 6.23. The summed E-state index contributed by atoms with van der Waals surface area (Å²) in [5.74, 6) is 0. The third kappa shape index (κ3) is 3.53. The maximum absolute atomic E-state index is 4.95. The summed E-state index contributed by atoms with van der Waals surface area (Å²) in [5.41, 5.74) is 1.07. The summed E-state index contributed by atoms with van der Waals surface area (Å²) >= 11 is 0. The molecule has 0 fully saturated rings. The molecule has 1 aromatic rings. The number of rotatable bonds is 5. The second-order valence-corrected chi connectivity index (χ2v) is 2.92. The minimum atomic E-state index is 0.288. The van der Waals surface area contributed by atoms with Gasteiger partial charge in [0.15, 0.2) is 0 Å². The Morgan fingerprint density at radius 1 is 1.54 bits per heavy atom. The Bertz CT molecular complexity index is 226. The van der Waals surface area contributed by atoms with Gasteiger partial charge in [0.2, 0.25) is 0 Å². The van der Waals surface area contributed by atoms with Crippen molar-refractivity contribution in [2.45, 2.75) is 13.0 Å². The lowest BCUT2D eigenvalue weighted by atomic mass is 10.2. The van der Waals surface area contributed by atoms with E-state index in [1.807, 2.05) is 24.4 Å². The molecule has 0 bridgehead atoms. The van der Waals surface area contributed by atoms with Crippen molar-refractivity contribution in [2.24, 2.45) is 0 Å². The minimum absolute atomic E-state index is 0.288. The van der Waals surface area contributed by atoms with E-state index in [0.717, 1.165) is 18.8 Å². The van der Waals surface area contributed by atoms with E-state index in [9.17, 15) is 0 Å². The number of hydrogen-bond donors (Lipinski definition) is 1. The number of methoxy groups -OCH3 is 1. The van der Waals surface area contributed by atoms with Crippen LogP contribution in [-0.2, 0) is 4.74 Å². The first kappa shape index (κ1) is 10.2. The van der Waals surface area contributed by atoms with Crippen LogP contribution in [0.2, 0.25) is 0 Å². The zero-order valence-electron chi connectivity index (χ0n) is 8.16. The summed E-state index contributed by atoms with van der Waals surface area (Å²) in [6.45, 7) is 3.68. The first-order chi connectivity index (χ1) is 6.34. The van der Waals surface area contributed by atoms with Crippen LogP contribution in [0.4, 0.5) is 0 Å². The van der Waals surface area contributed by atoms with Gasteiger partial charge in [-0.25, -0.2) is 0 Å². The Morgan fingerprint density at radius 2 is 2.38 bits per heavy atom. The van der Waals surface area contributed by atoms with Crippen molar-refractivity contribution in [3.05, 3.63) is 30.1 Å². The van der Waals surface area contributed by atoms with E-state index in [0.29, 0.717) is 0 Å². The average molecular weight is 180 g/mol. The van der Waals surface area contributed by atoms with Gasteiger partial charge in [-0.3, -0.25) is 4.98 Å². The van der Waals surface area contributed by atoms with Gasteiger partial charge in [0.05, 0.1) is 12.3 Å². The summed E-state index contributed by atoms with van der Waals surface area (Å²) in [5, 5.41) is 3.31. The van der Waals surface area contributed by atoms with Crippen LogP contribution in [0.15, 0.2) is 24.4 Å². The standard InChI is InChI=1S/C10H16N2O/c1-9(11-7-8-13-2)10-5-3-4-6-12-10/h3-6,9,11H,7-8H2,1-2H3. The monoisotopic (exact) mass is 180 g/mol. The van der Waals surface area contributed by atoms with Gasteiger partial charge in [-0.1, -0.05) is 6.07 Å². The van der Waals surface area contributed by atoms with E-state index in [1.54, 1.807) is 7.11 Å². The second kappa shape index (κ2) is 5.67. The molecule has 1 aromatic heterocycles. The first-order valence-corrected chi connectivity index (χ1v) is 4.48. The molecule has 0 amide bonds. The second-order valence-electron chi connectivity index (χ2n) is 2.92. The molecule has 72 valence electrons. The molecule has 13 heavy (non-hydrogen) atoms. The topological polar surface area (TPSA) is 34.1 Å². The lowest BCUT2D eigenvalue weighted by molar-refractivity contribution is 0.196. The van der Waals surface area contributed by atoms with E-state index in [2.05, 4.69) is 17.2 Å². The Balaban J connectivity index is 2.35. The normalized spacial score (nSPS) is 12.8. The number of hydrogen-bond acceptors (Lipinski definition) is 3. The van der Waals surface area contributed by atoms with Crippen molar-refractivity contribution in [3.8, 4) is 0 Å². The summed E-state index contributed by atoms with van der Waals surface area (Å²) in [7, 11) is 1.70. The van der Waals surface area contributed by atoms with Crippen molar-refractivity contribution in [3.63, 3.8) is 0 Å². The number of ether oxygens (including phenoxy) is 1. The molecule has 0 aliphatic heterocycles. The maximum Gasteiger partial charge on any atom is 0.0587 e. The van der Waals surface area contributed by atoms with Gasteiger partial charge in [-0.2, -0.15) is 0 Å². The molecule has 0 saturated heterocycles. The molecule has 0 radical (unpaired) electrons. The van der Waals surface area contributed by atoms with Crippen LogP contribution in [-0.4, -0.2) is 25.2 Å². The third-order valence-electron chi connectivity index (χ3n) is 1.89. The molecular formula is C10H16N2O. The Morgan fingerprint density at radius 3 is 3.00 bits per heavy atom. The Labute approximate surface area is 79.1 Å². The predicted molar refractivity (Wildman–Crippen MR) is 52.5 cm³/mol. The van der Waals surface area contributed by atoms with Crippen molar-refractivity contribution in [2.75, 3.05) is 20.3 Å². The van der Waals surface area contributed by atoms with Gasteiger partial charge in [0, 0.05) is 25.9 Å². The summed E-state index contributed by atoms with van der Waals surface area (Å²) in [6.07, 6.45) is 1.81.